The second kappa shape index (κ2) is 9.18. The maximum absolute atomic E-state index is 5.75. The largest absolute Gasteiger partial charge is 0.493 e. The fraction of sp³-hybridized carbons (Fsp3) is 0.400. The quantitative estimate of drug-likeness (QED) is 0.649. The highest BCUT2D eigenvalue weighted by Crippen LogP contribution is 2.27. The fourth-order valence-electron chi connectivity index (χ4n) is 2.28. The van der Waals surface area contributed by atoms with Gasteiger partial charge in [-0.25, -0.2) is 0 Å². The second-order valence-corrected chi connectivity index (χ2v) is 5.73. The summed E-state index contributed by atoms with van der Waals surface area (Å²) < 4.78 is 22.3. The van der Waals surface area contributed by atoms with Gasteiger partial charge in [0.1, 0.15) is 19.0 Å². The predicted octanol–water partition coefficient (Wildman–Crippen LogP) is 4.09. The highest BCUT2D eigenvalue weighted by atomic mass is 16.6. The SMILES string of the molecule is COc1cc(C)ccc1OCCOCCOc1cc(C)ccc1C. The van der Waals surface area contributed by atoms with Crippen molar-refractivity contribution in [2.45, 2.75) is 20.8 Å². The second-order valence-electron chi connectivity index (χ2n) is 5.73. The van der Waals surface area contributed by atoms with E-state index in [2.05, 4.69) is 19.1 Å². The molecule has 130 valence electrons. The average Bonchev–Trinajstić information content (AvgIpc) is 2.58. The molecule has 0 N–H and O–H groups in total. The van der Waals surface area contributed by atoms with E-state index in [1.165, 1.54) is 5.56 Å². The van der Waals surface area contributed by atoms with E-state index in [-0.39, 0.29) is 0 Å². The van der Waals surface area contributed by atoms with Gasteiger partial charge in [0.15, 0.2) is 11.5 Å². The Hall–Kier alpha value is -2.20. The molecular formula is C20H26O4. The lowest BCUT2D eigenvalue weighted by atomic mass is 10.1. The molecule has 0 aliphatic carbocycles. The van der Waals surface area contributed by atoms with E-state index in [1.54, 1.807) is 7.11 Å². The molecule has 0 atom stereocenters. The Morgan fingerprint density at radius 1 is 0.667 bits per heavy atom. The van der Waals surface area contributed by atoms with Gasteiger partial charge in [-0.15, -0.1) is 0 Å². The lowest BCUT2D eigenvalue weighted by Gasteiger charge is -2.12. The number of rotatable bonds is 9. The van der Waals surface area contributed by atoms with E-state index in [1.807, 2.05) is 38.1 Å². The zero-order valence-corrected chi connectivity index (χ0v) is 14.9. The van der Waals surface area contributed by atoms with Crippen molar-refractivity contribution in [1.82, 2.24) is 0 Å². The van der Waals surface area contributed by atoms with Crippen LogP contribution < -0.4 is 14.2 Å². The third-order valence-electron chi connectivity index (χ3n) is 3.63. The number of ether oxygens (including phenoxy) is 4. The minimum absolute atomic E-state index is 0.475. The molecule has 24 heavy (non-hydrogen) atoms. The summed E-state index contributed by atoms with van der Waals surface area (Å²) in [6, 6.07) is 12.1. The molecule has 0 aliphatic heterocycles. The summed E-state index contributed by atoms with van der Waals surface area (Å²) in [7, 11) is 1.64. The van der Waals surface area contributed by atoms with Crippen molar-refractivity contribution >= 4 is 0 Å². The monoisotopic (exact) mass is 330 g/mol. The van der Waals surface area contributed by atoms with Gasteiger partial charge < -0.3 is 18.9 Å². The molecule has 2 aromatic carbocycles. The molecule has 0 aromatic heterocycles. The molecule has 4 nitrogen and oxygen atoms in total. The van der Waals surface area contributed by atoms with E-state index in [4.69, 9.17) is 18.9 Å². The molecule has 0 radical (unpaired) electrons. The van der Waals surface area contributed by atoms with Crippen LogP contribution in [0.5, 0.6) is 17.2 Å². The molecule has 0 heterocycles. The molecule has 2 rings (SSSR count). The van der Waals surface area contributed by atoms with Crippen LogP contribution in [0, 0.1) is 20.8 Å². The van der Waals surface area contributed by atoms with Gasteiger partial charge in [0.2, 0.25) is 0 Å². The topological polar surface area (TPSA) is 36.9 Å². The summed E-state index contributed by atoms with van der Waals surface area (Å²) in [6.07, 6.45) is 0. The van der Waals surface area contributed by atoms with Crippen molar-refractivity contribution in [2.24, 2.45) is 0 Å². The van der Waals surface area contributed by atoms with Gasteiger partial charge in [-0.05, 0) is 55.7 Å². The van der Waals surface area contributed by atoms with E-state index in [9.17, 15) is 0 Å². The van der Waals surface area contributed by atoms with Crippen molar-refractivity contribution in [1.29, 1.82) is 0 Å². The molecule has 0 saturated heterocycles. The number of hydrogen-bond donors (Lipinski definition) is 0. The van der Waals surface area contributed by atoms with E-state index in [0.717, 1.165) is 28.4 Å². The Kier molecular flexibility index (Phi) is 6.94. The van der Waals surface area contributed by atoms with Crippen molar-refractivity contribution in [3.8, 4) is 17.2 Å². The van der Waals surface area contributed by atoms with E-state index in [0.29, 0.717) is 26.4 Å². The van der Waals surface area contributed by atoms with Crippen LogP contribution in [-0.2, 0) is 4.74 Å². The van der Waals surface area contributed by atoms with Gasteiger partial charge in [0.05, 0.1) is 20.3 Å². The van der Waals surface area contributed by atoms with Crippen molar-refractivity contribution < 1.29 is 18.9 Å². The van der Waals surface area contributed by atoms with Gasteiger partial charge in [0, 0.05) is 0 Å². The Morgan fingerprint density at radius 2 is 1.25 bits per heavy atom. The first-order chi connectivity index (χ1) is 11.6. The highest BCUT2D eigenvalue weighted by molar-refractivity contribution is 5.42. The fourth-order valence-corrected chi connectivity index (χ4v) is 2.28. The standard InChI is InChI=1S/C20H26O4/c1-15-5-7-17(3)19(13-15)24-12-10-22-9-11-23-18-8-6-16(2)14-20(18)21-4/h5-8,13-14H,9-12H2,1-4H3. The first kappa shape index (κ1) is 18.1. The summed E-state index contributed by atoms with van der Waals surface area (Å²) in [5.41, 5.74) is 3.46. The average molecular weight is 330 g/mol. The van der Waals surface area contributed by atoms with Crippen LogP contribution >= 0.6 is 0 Å². The Labute approximate surface area is 144 Å². The van der Waals surface area contributed by atoms with Crippen LogP contribution in [-0.4, -0.2) is 33.5 Å². The summed E-state index contributed by atoms with van der Waals surface area (Å²) >= 11 is 0. The molecule has 0 fully saturated rings. The first-order valence-electron chi connectivity index (χ1n) is 8.15. The van der Waals surface area contributed by atoms with Crippen LogP contribution in [0.15, 0.2) is 36.4 Å². The van der Waals surface area contributed by atoms with E-state index >= 15 is 0 Å². The lowest BCUT2D eigenvalue weighted by Crippen LogP contribution is -2.12. The summed E-state index contributed by atoms with van der Waals surface area (Å²) in [6.45, 7) is 8.15. The molecule has 4 heteroatoms. The minimum Gasteiger partial charge on any atom is -0.493 e. The van der Waals surface area contributed by atoms with Crippen molar-refractivity contribution in [2.75, 3.05) is 33.5 Å². The maximum Gasteiger partial charge on any atom is 0.161 e. The molecule has 0 spiro atoms. The number of aryl methyl sites for hydroxylation is 3. The van der Waals surface area contributed by atoms with Crippen LogP contribution in [0.3, 0.4) is 0 Å². The highest BCUT2D eigenvalue weighted by Gasteiger charge is 2.04. The van der Waals surface area contributed by atoms with Crippen LogP contribution in [0.4, 0.5) is 0 Å². The molecular weight excluding hydrogens is 304 g/mol. The lowest BCUT2D eigenvalue weighted by molar-refractivity contribution is 0.0755. The smallest absolute Gasteiger partial charge is 0.161 e. The number of benzene rings is 2. The molecule has 0 unspecified atom stereocenters. The van der Waals surface area contributed by atoms with Gasteiger partial charge >= 0.3 is 0 Å². The Balaban J connectivity index is 1.64. The minimum atomic E-state index is 0.475. The summed E-state index contributed by atoms with van der Waals surface area (Å²) in [5.74, 6) is 2.39. The van der Waals surface area contributed by atoms with Crippen LogP contribution in [0.25, 0.3) is 0 Å². The molecule has 0 amide bonds. The Bertz CT molecular complexity index is 652. The van der Waals surface area contributed by atoms with Gasteiger partial charge in [-0.1, -0.05) is 18.2 Å². The maximum atomic E-state index is 5.75. The first-order valence-corrected chi connectivity index (χ1v) is 8.15. The van der Waals surface area contributed by atoms with Crippen molar-refractivity contribution in [3.05, 3.63) is 53.1 Å². The number of methoxy groups -OCH3 is 1. The predicted molar refractivity (Wildman–Crippen MR) is 95.5 cm³/mol. The summed E-state index contributed by atoms with van der Waals surface area (Å²) in [4.78, 5) is 0. The van der Waals surface area contributed by atoms with Gasteiger partial charge in [0.25, 0.3) is 0 Å². The molecule has 0 bridgehead atoms. The normalized spacial score (nSPS) is 10.5. The van der Waals surface area contributed by atoms with Gasteiger partial charge in [-0.2, -0.15) is 0 Å². The third-order valence-corrected chi connectivity index (χ3v) is 3.63. The van der Waals surface area contributed by atoms with Gasteiger partial charge in [-0.3, -0.25) is 0 Å². The summed E-state index contributed by atoms with van der Waals surface area (Å²) in [5, 5.41) is 0. The van der Waals surface area contributed by atoms with Crippen LogP contribution in [0.2, 0.25) is 0 Å². The third kappa shape index (κ3) is 5.46. The zero-order chi connectivity index (χ0) is 17.4. The van der Waals surface area contributed by atoms with E-state index < -0.39 is 0 Å². The molecule has 0 aliphatic rings. The van der Waals surface area contributed by atoms with Crippen LogP contribution in [0.1, 0.15) is 16.7 Å². The number of hydrogen-bond acceptors (Lipinski definition) is 4. The molecule has 0 saturated carbocycles. The van der Waals surface area contributed by atoms with Crippen molar-refractivity contribution in [3.63, 3.8) is 0 Å². The Morgan fingerprint density at radius 3 is 1.92 bits per heavy atom. The zero-order valence-electron chi connectivity index (χ0n) is 14.9. The molecule has 2 aromatic rings.